The summed E-state index contributed by atoms with van der Waals surface area (Å²) in [5.41, 5.74) is 0. The zero-order valence-corrected chi connectivity index (χ0v) is 7.48. The van der Waals surface area contributed by atoms with Crippen molar-refractivity contribution in [2.45, 2.75) is 52.9 Å². The van der Waals surface area contributed by atoms with Gasteiger partial charge in [0, 0.05) is 6.92 Å². The van der Waals surface area contributed by atoms with E-state index in [0.29, 0.717) is 0 Å². The van der Waals surface area contributed by atoms with E-state index in [-0.39, 0.29) is 0 Å². The van der Waals surface area contributed by atoms with Gasteiger partial charge in [0.25, 0.3) is 0 Å². The Labute approximate surface area is 65.1 Å². The highest BCUT2D eigenvalue weighted by Crippen LogP contribution is 2.15. The van der Waals surface area contributed by atoms with E-state index in [1.807, 2.05) is 13.8 Å². The maximum atomic E-state index is 7.32. The highest BCUT2D eigenvalue weighted by Gasteiger charge is 1.95. The van der Waals surface area contributed by atoms with Crippen molar-refractivity contribution < 1.29 is 0 Å². The van der Waals surface area contributed by atoms with Gasteiger partial charge in [-0.2, -0.15) is 5.26 Å². The quantitative estimate of drug-likeness (QED) is 0.506. The lowest BCUT2D eigenvalue weighted by molar-refractivity contribution is 0.886. The molecule has 1 aliphatic carbocycles. The van der Waals surface area contributed by atoms with Crippen LogP contribution in [0.5, 0.6) is 0 Å². The van der Waals surface area contributed by atoms with Gasteiger partial charge in [-0.25, -0.2) is 0 Å². The normalized spacial score (nSPS) is 13.4. The summed E-state index contributed by atoms with van der Waals surface area (Å²) in [6.07, 6.45) is 7.50. The molecule has 0 atom stereocenters. The van der Waals surface area contributed by atoms with Crippen molar-refractivity contribution in [3.05, 3.63) is 0 Å². The fourth-order valence-electron chi connectivity index (χ4n) is 0.884. The van der Waals surface area contributed by atoms with E-state index < -0.39 is 0 Å². The van der Waals surface area contributed by atoms with Gasteiger partial charge in [0.1, 0.15) is 0 Å². The van der Waals surface area contributed by atoms with Crippen LogP contribution in [0.3, 0.4) is 0 Å². The summed E-state index contributed by atoms with van der Waals surface area (Å²) in [4.78, 5) is 0. The fraction of sp³-hybridized carbons (Fsp3) is 0.889. The van der Waals surface area contributed by atoms with E-state index in [1.54, 1.807) is 6.07 Å². The monoisotopic (exact) mass is 141 g/mol. The van der Waals surface area contributed by atoms with Crippen LogP contribution in [0.25, 0.3) is 0 Å². The van der Waals surface area contributed by atoms with Crippen molar-refractivity contribution in [3.8, 4) is 6.07 Å². The molecule has 0 aromatic rings. The van der Waals surface area contributed by atoms with Crippen molar-refractivity contribution >= 4 is 0 Å². The van der Waals surface area contributed by atoms with Gasteiger partial charge in [-0.05, 0) is 0 Å². The fourth-order valence-corrected chi connectivity index (χ4v) is 0.884. The predicted octanol–water partition coefficient (Wildman–Crippen LogP) is 3.51. The minimum atomic E-state index is 1.43. The first-order valence-corrected chi connectivity index (χ1v) is 4.22. The third-order valence-electron chi connectivity index (χ3n) is 1.25. The molecular formula is C9H19N. The number of hydrogen-bond donors (Lipinski definition) is 0. The van der Waals surface area contributed by atoms with Crippen LogP contribution < -0.4 is 0 Å². The summed E-state index contributed by atoms with van der Waals surface area (Å²) in [6.45, 7) is 5.43. The molecule has 60 valence electrons. The molecule has 0 aliphatic heterocycles. The predicted molar refractivity (Wildman–Crippen MR) is 45.7 cm³/mol. The average Bonchev–Trinajstić information content (AvgIpc) is 2.48. The molecule has 1 saturated carbocycles. The number of hydrogen-bond acceptors (Lipinski definition) is 1. The van der Waals surface area contributed by atoms with E-state index >= 15 is 0 Å². The Kier molecular flexibility index (Phi) is 19.3. The molecule has 0 amide bonds. The average molecular weight is 141 g/mol. The van der Waals surface area contributed by atoms with E-state index in [9.17, 15) is 0 Å². The maximum absolute atomic E-state index is 7.32. The highest BCUT2D eigenvalue weighted by molar-refractivity contribution is 4.51. The summed E-state index contributed by atoms with van der Waals surface area (Å²) < 4.78 is 0. The van der Waals surface area contributed by atoms with Crippen LogP contribution in [0.15, 0.2) is 0 Å². The lowest BCUT2D eigenvalue weighted by atomic mass is 10.4. The first-order valence-electron chi connectivity index (χ1n) is 4.22. The van der Waals surface area contributed by atoms with E-state index in [4.69, 9.17) is 5.26 Å². The number of nitriles is 1. The Morgan fingerprint density at radius 2 is 1.00 bits per heavy atom. The van der Waals surface area contributed by atoms with Crippen molar-refractivity contribution in [1.29, 1.82) is 5.26 Å². The van der Waals surface area contributed by atoms with Gasteiger partial charge in [-0.1, -0.05) is 46.0 Å². The van der Waals surface area contributed by atoms with Crippen LogP contribution in [0.1, 0.15) is 52.9 Å². The second-order valence-electron chi connectivity index (χ2n) is 1.99. The first kappa shape index (κ1) is 12.2. The summed E-state index contributed by atoms with van der Waals surface area (Å²) >= 11 is 0. The van der Waals surface area contributed by atoms with Gasteiger partial charge in [-0.15, -0.1) is 0 Å². The topological polar surface area (TPSA) is 23.8 Å². The lowest BCUT2D eigenvalue weighted by Crippen LogP contribution is -1.47. The molecule has 0 N–H and O–H groups in total. The molecule has 1 heteroatoms. The van der Waals surface area contributed by atoms with E-state index in [1.165, 1.54) is 39.0 Å². The standard InChI is InChI=1S/C5H10.C2H3N.C2H6/c1-2-4-5-3-1;1-2-3;1-2/h1-5H2;1H3;1-2H3. The van der Waals surface area contributed by atoms with E-state index in [0.717, 1.165) is 0 Å². The Balaban J connectivity index is 0. The van der Waals surface area contributed by atoms with Gasteiger partial charge in [-0.3, -0.25) is 0 Å². The van der Waals surface area contributed by atoms with Crippen molar-refractivity contribution in [2.24, 2.45) is 0 Å². The smallest absolute Gasteiger partial charge is 0.0587 e. The van der Waals surface area contributed by atoms with Gasteiger partial charge in [0.05, 0.1) is 6.07 Å². The highest BCUT2D eigenvalue weighted by atomic mass is 14.2. The van der Waals surface area contributed by atoms with Gasteiger partial charge in [0.15, 0.2) is 0 Å². The molecule has 0 heterocycles. The zero-order valence-electron chi connectivity index (χ0n) is 7.48. The minimum absolute atomic E-state index is 1.43. The van der Waals surface area contributed by atoms with Crippen LogP contribution in [-0.4, -0.2) is 0 Å². The number of rotatable bonds is 0. The molecule has 0 bridgehead atoms. The molecule has 10 heavy (non-hydrogen) atoms. The molecule has 0 aromatic heterocycles. The second-order valence-corrected chi connectivity index (χ2v) is 1.99. The Hall–Kier alpha value is -0.510. The largest absolute Gasteiger partial charge is 0.199 e. The Morgan fingerprint density at radius 3 is 1.10 bits per heavy atom. The third kappa shape index (κ3) is 15.6. The molecule has 1 rings (SSSR count). The van der Waals surface area contributed by atoms with Crippen LogP contribution in [-0.2, 0) is 0 Å². The molecule has 0 unspecified atom stereocenters. The molecule has 0 spiro atoms. The maximum Gasteiger partial charge on any atom is 0.0587 e. The number of nitrogens with zero attached hydrogens (tertiary/aromatic N) is 1. The minimum Gasteiger partial charge on any atom is -0.199 e. The molecule has 1 aliphatic rings. The molecule has 0 aromatic carbocycles. The molecule has 0 saturated heterocycles. The summed E-state index contributed by atoms with van der Waals surface area (Å²) in [5.74, 6) is 0. The van der Waals surface area contributed by atoms with Crippen molar-refractivity contribution in [3.63, 3.8) is 0 Å². The Bertz CT molecular complexity index is 59.7. The van der Waals surface area contributed by atoms with Crippen molar-refractivity contribution in [1.82, 2.24) is 0 Å². The SMILES string of the molecule is C1CCCC1.CC.CC#N. The van der Waals surface area contributed by atoms with Crippen molar-refractivity contribution in [2.75, 3.05) is 0 Å². The Morgan fingerprint density at radius 1 is 0.900 bits per heavy atom. The molecular weight excluding hydrogens is 122 g/mol. The summed E-state index contributed by atoms with van der Waals surface area (Å²) in [5, 5.41) is 7.32. The van der Waals surface area contributed by atoms with E-state index in [2.05, 4.69) is 0 Å². The van der Waals surface area contributed by atoms with Crippen LogP contribution in [0, 0.1) is 11.3 Å². The van der Waals surface area contributed by atoms with Gasteiger partial charge >= 0.3 is 0 Å². The first-order chi connectivity index (χ1) is 4.91. The lowest BCUT2D eigenvalue weighted by Gasteiger charge is -1.67. The summed E-state index contributed by atoms with van der Waals surface area (Å²) in [7, 11) is 0. The molecule has 1 fully saturated rings. The summed E-state index contributed by atoms with van der Waals surface area (Å²) in [6, 6.07) is 1.75. The zero-order chi connectivity index (χ0) is 8.24. The van der Waals surface area contributed by atoms with Gasteiger partial charge < -0.3 is 0 Å². The van der Waals surface area contributed by atoms with Gasteiger partial charge in [0.2, 0.25) is 0 Å². The second kappa shape index (κ2) is 15.8. The van der Waals surface area contributed by atoms with Crippen LogP contribution in [0.2, 0.25) is 0 Å². The molecule has 0 radical (unpaired) electrons. The molecule has 1 nitrogen and oxygen atoms in total. The third-order valence-corrected chi connectivity index (χ3v) is 1.25. The van der Waals surface area contributed by atoms with Crippen LogP contribution >= 0.6 is 0 Å². The van der Waals surface area contributed by atoms with Crippen LogP contribution in [0.4, 0.5) is 0 Å².